The Morgan fingerprint density at radius 2 is 2.00 bits per heavy atom. The lowest BCUT2D eigenvalue weighted by atomic mass is 9.94. The molecule has 1 rings (SSSR count). The lowest BCUT2D eigenvalue weighted by Crippen LogP contribution is -2.26. The largest absolute Gasteiger partial charge is 0.390 e. The van der Waals surface area contributed by atoms with E-state index in [0.29, 0.717) is 18.4 Å². The molecule has 0 aliphatic rings. The van der Waals surface area contributed by atoms with E-state index in [4.69, 9.17) is 0 Å². The van der Waals surface area contributed by atoms with Crippen LogP contribution in [0.15, 0.2) is 24.3 Å². The minimum Gasteiger partial charge on any atom is -0.390 e. The maximum Gasteiger partial charge on any atom is 0.126 e. The molecule has 72 valence electrons. The van der Waals surface area contributed by atoms with Crippen LogP contribution in [0.25, 0.3) is 0 Å². The summed E-state index contributed by atoms with van der Waals surface area (Å²) in [4.78, 5) is 0. The van der Waals surface area contributed by atoms with Gasteiger partial charge in [-0.05, 0) is 25.0 Å². The van der Waals surface area contributed by atoms with Crippen LogP contribution >= 0.6 is 0 Å². The van der Waals surface area contributed by atoms with Crippen molar-refractivity contribution < 1.29 is 9.50 Å². The number of rotatable bonds is 3. The van der Waals surface area contributed by atoms with Crippen LogP contribution in [0.4, 0.5) is 4.39 Å². The molecule has 0 saturated heterocycles. The summed E-state index contributed by atoms with van der Waals surface area (Å²) in [6.07, 6.45) is 0.998. The molecule has 0 heterocycles. The first kappa shape index (κ1) is 10.2. The van der Waals surface area contributed by atoms with E-state index in [1.165, 1.54) is 6.07 Å². The Labute approximate surface area is 78.2 Å². The molecular weight excluding hydrogens is 167 g/mol. The van der Waals surface area contributed by atoms with Crippen LogP contribution < -0.4 is 0 Å². The summed E-state index contributed by atoms with van der Waals surface area (Å²) >= 11 is 0. The molecule has 0 aliphatic heterocycles. The first-order chi connectivity index (χ1) is 6.05. The third-order valence-electron chi connectivity index (χ3n) is 2.29. The SMILES string of the molecule is CCC(C)(O)Cc1ccccc1F. The molecular formula is C11H15FO. The van der Waals surface area contributed by atoms with Crippen LogP contribution in [0.5, 0.6) is 0 Å². The van der Waals surface area contributed by atoms with Crippen LogP contribution in [0.2, 0.25) is 0 Å². The van der Waals surface area contributed by atoms with Crippen LogP contribution in [-0.4, -0.2) is 10.7 Å². The smallest absolute Gasteiger partial charge is 0.126 e. The Hall–Kier alpha value is -0.890. The normalized spacial score (nSPS) is 15.4. The first-order valence-corrected chi connectivity index (χ1v) is 4.51. The van der Waals surface area contributed by atoms with Gasteiger partial charge in [-0.15, -0.1) is 0 Å². The molecule has 0 saturated carbocycles. The van der Waals surface area contributed by atoms with Gasteiger partial charge in [-0.25, -0.2) is 4.39 Å². The van der Waals surface area contributed by atoms with E-state index in [9.17, 15) is 9.50 Å². The number of halogens is 1. The van der Waals surface area contributed by atoms with Gasteiger partial charge in [-0.1, -0.05) is 25.1 Å². The van der Waals surface area contributed by atoms with Gasteiger partial charge in [0.1, 0.15) is 5.82 Å². The third kappa shape index (κ3) is 2.81. The lowest BCUT2D eigenvalue weighted by Gasteiger charge is -2.21. The molecule has 1 aromatic carbocycles. The zero-order valence-electron chi connectivity index (χ0n) is 8.05. The number of benzene rings is 1. The first-order valence-electron chi connectivity index (χ1n) is 4.51. The Morgan fingerprint density at radius 3 is 2.54 bits per heavy atom. The van der Waals surface area contributed by atoms with Gasteiger partial charge in [0.25, 0.3) is 0 Å². The molecule has 0 spiro atoms. The summed E-state index contributed by atoms with van der Waals surface area (Å²) in [5.74, 6) is -0.240. The molecule has 1 nitrogen and oxygen atoms in total. The van der Waals surface area contributed by atoms with Crippen LogP contribution in [0.1, 0.15) is 25.8 Å². The van der Waals surface area contributed by atoms with Crippen molar-refractivity contribution in [3.63, 3.8) is 0 Å². The topological polar surface area (TPSA) is 20.2 Å². The Kier molecular flexibility index (Phi) is 3.04. The molecule has 0 amide bonds. The highest BCUT2D eigenvalue weighted by molar-refractivity contribution is 5.19. The summed E-state index contributed by atoms with van der Waals surface area (Å²) in [6, 6.07) is 6.56. The monoisotopic (exact) mass is 182 g/mol. The zero-order chi connectivity index (χ0) is 9.90. The van der Waals surface area contributed by atoms with E-state index in [1.807, 2.05) is 6.92 Å². The second-order valence-corrected chi connectivity index (χ2v) is 3.62. The zero-order valence-corrected chi connectivity index (χ0v) is 8.05. The second-order valence-electron chi connectivity index (χ2n) is 3.62. The Bertz CT molecular complexity index is 281. The van der Waals surface area contributed by atoms with Gasteiger partial charge in [0, 0.05) is 6.42 Å². The van der Waals surface area contributed by atoms with E-state index < -0.39 is 5.60 Å². The average Bonchev–Trinajstić information content (AvgIpc) is 2.09. The average molecular weight is 182 g/mol. The van der Waals surface area contributed by atoms with Crippen molar-refractivity contribution in [2.75, 3.05) is 0 Å². The van der Waals surface area contributed by atoms with Crippen molar-refractivity contribution in [1.82, 2.24) is 0 Å². The molecule has 1 aromatic rings. The van der Waals surface area contributed by atoms with Crippen molar-refractivity contribution >= 4 is 0 Å². The summed E-state index contributed by atoms with van der Waals surface area (Å²) in [5, 5.41) is 9.73. The van der Waals surface area contributed by atoms with Gasteiger partial charge >= 0.3 is 0 Å². The molecule has 0 aromatic heterocycles. The van der Waals surface area contributed by atoms with E-state index in [-0.39, 0.29) is 5.82 Å². The highest BCUT2D eigenvalue weighted by atomic mass is 19.1. The van der Waals surface area contributed by atoms with Crippen LogP contribution in [0, 0.1) is 5.82 Å². The standard InChI is InChI=1S/C11H15FO/c1-3-11(2,13)8-9-6-4-5-7-10(9)12/h4-7,13H,3,8H2,1-2H3. The number of hydrogen-bond acceptors (Lipinski definition) is 1. The highest BCUT2D eigenvalue weighted by Gasteiger charge is 2.19. The minimum atomic E-state index is -0.803. The van der Waals surface area contributed by atoms with Gasteiger partial charge < -0.3 is 5.11 Å². The molecule has 0 radical (unpaired) electrons. The predicted molar refractivity (Wildman–Crippen MR) is 51.0 cm³/mol. The molecule has 1 N–H and O–H groups in total. The van der Waals surface area contributed by atoms with E-state index in [0.717, 1.165) is 0 Å². The van der Waals surface area contributed by atoms with Crippen molar-refractivity contribution in [3.8, 4) is 0 Å². The fraction of sp³-hybridized carbons (Fsp3) is 0.455. The van der Waals surface area contributed by atoms with Gasteiger partial charge in [0.15, 0.2) is 0 Å². The lowest BCUT2D eigenvalue weighted by molar-refractivity contribution is 0.0556. The Morgan fingerprint density at radius 1 is 1.38 bits per heavy atom. The minimum absolute atomic E-state index is 0.240. The summed E-state index contributed by atoms with van der Waals surface area (Å²) in [5.41, 5.74) is -0.225. The van der Waals surface area contributed by atoms with Gasteiger partial charge in [-0.2, -0.15) is 0 Å². The van der Waals surface area contributed by atoms with E-state index in [2.05, 4.69) is 0 Å². The molecule has 0 bridgehead atoms. The van der Waals surface area contributed by atoms with E-state index >= 15 is 0 Å². The molecule has 0 fully saturated rings. The van der Waals surface area contributed by atoms with Crippen LogP contribution in [0.3, 0.4) is 0 Å². The summed E-state index contributed by atoms with van der Waals surface area (Å²) in [6.45, 7) is 3.61. The van der Waals surface area contributed by atoms with Gasteiger partial charge in [-0.3, -0.25) is 0 Å². The summed E-state index contributed by atoms with van der Waals surface area (Å²) in [7, 11) is 0. The molecule has 1 atom stereocenters. The molecule has 0 aliphatic carbocycles. The summed E-state index contributed by atoms with van der Waals surface area (Å²) < 4.78 is 13.1. The molecule has 13 heavy (non-hydrogen) atoms. The number of hydrogen-bond donors (Lipinski definition) is 1. The third-order valence-corrected chi connectivity index (χ3v) is 2.29. The fourth-order valence-electron chi connectivity index (χ4n) is 1.18. The van der Waals surface area contributed by atoms with E-state index in [1.54, 1.807) is 25.1 Å². The highest BCUT2D eigenvalue weighted by Crippen LogP contribution is 2.18. The molecule has 1 unspecified atom stereocenters. The van der Waals surface area contributed by atoms with Crippen molar-refractivity contribution in [3.05, 3.63) is 35.6 Å². The predicted octanol–water partition coefficient (Wildman–Crippen LogP) is 2.53. The molecule has 2 heteroatoms. The van der Waals surface area contributed by atoms with Crippen molar-refractivity contribution in [1.29, 1.82) is 0 Å². The number of aliphatic hydroxyl groups is 1. The fourth-order valence-corrected chi connectivity index (χ4v) is 1.18. The maximum atomic E-state index is 13.1. The van der Waals surface area contributed by atoms with Crippen molar-refractivity contribution in [2.45, 2.75) is 32.3 Å². The quantitative estimate of drug-likeness (QED) is 0.761. The van der Waals surface area contributed by atoms with Gasteiger partial charge in [0.05, 0.1) is 5.60 Å². The van der Waals surface area contributed by atoms with Crippen LogP contribution in [-0.2, 0) is 6.42 Å². The van der Waals surface area contributed by atoms with Gasteiger partial charge in [0.2, 0.25) is 0 Å². The maximum absolute atomic E-state index is 13.1. The second kappa shape index (κ2) is 3.88. The Balaban J connectivity index is 2.80. The van der Waals surface area contributed by atoms with Crippen molar-refractivity contribution in [2.24, 2.45) is 0 Å².